The Morgan fingerprint density at radius 2 is 1.85 bits per heavy atom. The summed E-state index contributed by atoms with van der Waals surface area (Å²) in [7, 11) is 1.83. The Morgan fingerprint density at radius 3 is 2.56 bits per heavy atom. The maximum atomic E-state index is 12.6. The maximum absolute atomic E-state index is 12.6. The number of amides is 1. The van der Waals surface area contributed by atoms with E-state index >= 15 is 0 Å². The third-order valence-electron chi connectivity index (χ3n) is 3.97. The van der Waals surface area contributed by atoms with Crippen molar-refractivity contribution in [1.82, 2.24) is 15.1 Å². The van der Waals surface area contributed by atoms with Crippen LogP contribution < -0.4 is 5.32 Å². The smallest absolute Gasteiger partial charge is 0.235 e. The van der Waals surface area contributed by atoms with Crippen molar-refractivity contribution in [2.24, 2.45) is 0 Å². The molecule has 1 aromatic heterocycles. The first-order valence-electron chi connectivity index (χ1n) is 8.64. The first-order valence-corrected chi connectivity index (χ1v) is 10.3. The maximum Gasteiger partial charge on any atom is 0.235 e. The molecule has 140 valence electrons. The zero-order valence-corrected chi connectivity index (χ0v) is 17.2. The molecule has 3 rings (SSSR count). The number of aryl methyl sites for hydroxylation is 1. The number of hydrogen-bond acceptors (Lipinski definition) is 6. The Kier molecular flexibility index (Phi) is 6.47. The zero-order valence-electron chi connectivity index (χ0n) is 15.5. The standard InChI is InChI=1S/C20H22N4OS2/c1-14-9-11-17(12-10-14)21-19-22-23-20(27-19)26-15(2)18(25)24(3)13-16-7-5-4-6-8-16/h4-12,15H,13H2,1-3H3,(H,21,22)/t15-/m1/s1. The SMILES string of the molecule is Cc1ccc(Nc2nnc(S[C@H](C)C(=O)N(C)Cc3ccccc3)s2)cc1. The fourth-order valence-electron chi connectivity index (χ4n) is 2.52. The number of carbonyl (C=O) groups is 1. The molecular formula is C20H22N4OS2. The molecule has 27 heavy (non-hydrogen) atoms. The summed E-state index contributed by atoms with van der Waals surface area (Å²) < 4.78 is 0.776. The summed E-state index contributed by atoms with van der Waals surface area (Å²) in [6, 6.07) is 18.1. The summed E-state index contributed by atoms with van der Waals surface area (Å²) in [6.45, 7) is 4.56. The molecule has 0 spiro atoms. The number of hydrogen-bond donors (Lipinski definition) is 1. The fourth-order valence-corrected chi connectivity index (χ4v) is 4.55. The second-order valence-electron chi connectivity index (χ2n) is 6.30. The van der Waals surface area contributed by atoms with Crippen molar-refractivity contribution in [2.45, 2.75) is 30.0 Å². The number of nitrogens with one attached hydrogen (secondary N) is 1. The third kappa shape index (κ3) is 5.55. The van der Waals surface area contributed by atoms with Crippen LogP contribution in [0, 0.1) is 6.92 Å². The van der Waals surface area contributed by atoms with E-state index in [9.17, 15) is 4.79 Å². The van der Waals surface area contributed by atoms with Gasteiger partial charge in [0.1, 0.15) is 0 Å². The van der Waals surface area contributed by atoms with Crippen molar-refractivity contribution in [3.63, 3.8) is 0 Å². The van der Waals surface area contributed by atoms with Gasteiger partial charge in [-0.25, -0.2) is 0 Å². The highest BCUT2D eigenvalue weighted by Crippen LogP contribution is 2.31. The molecule has 1 atom stereocenters. The van der Waals surface area contributed by atoms with E-state index < -0.39 is 0 Å². The summed E-state index contributed by atoms with van der Waals surface area (Å²) >= 11 is 2.89. The van der Waals surface area contributed by atoms with Gasteiger partial charge in [-0.3, -0.25) is 4.79 Å². The van der Waals surface area contributed by atoms with Gasteiger partial charge in [0.2, 0.25) is 11.0 Å². The van der Waals surface area contributed by atoms with Crippen molar-refractivity contribution in [2.75, 3.05) is 12.4 Å². The monoisotopic (exact) mass is 398 g/mol. The molecule has 0 aliphatic heterocycles. The predicted molar refractivity (Wildman–Crippen MR) is 113 cm³/mol. The zero-order chi connectivity index (χ0) is 19.2. The van der Waals surface area contributed by atoms with Crippen LogP contribution in [0.15, 0.2) is 58.9 Å². The largest absolute Gasteiger partial charge is 0.340 e. The fraction of sp³-hybridized carbons (Fsp3) is 0.250. The average Bonchev–Trinajstić information content (AvgIpc) is 3.10. The van der Waals surface area contributed by atoms with E-state index in [1.165, 1.54) is 28.7 Å². The highest BCUT2D eigenvalue weighted by Gasteiger charge is 2.20. The number of anilines is 2. The molecule has 0 bridgehead atoms. The van der Waals surface area contributed by atoms with Crippen molar-refractivity contribution in [3.05, 3.63) is 65.7 Å². The topological polar surface area (TPSA) is 58.1 Å². The van der Waals surface area contributed by atoms with Gasteiger partial charge >= 0.3 is 0 Å². The van der Waals surface area contributed by atoms with Crippen molar-refractivity contribution in [1.29, 1.82) is 0 Å². The molecule has 1 N–H and O–H groups in total. The third-order valence-corrected chi connectivity index (χ3v) is 5.98. The van der Waals surface area contributed by atoms with Crippen LogP contribution in [0.1, 0.15) is 18.1 Å². The average molecular weight is 399 g/mol. The second-order valence-corrected chi connectivity index (χ2v) is 8.87. The number of benzene rings is 2. The molecule has 7 heteroatoms. The molecule has 0 aliphatic carbocycles. The second kappa shape index (κ2) is 9.01. The van der Waals surface area contributed by atoms with Crippen LogP contribution in [-0.4, -0.2) is 33.3 Å². The molecular weight excluding hydrogens is 376 g/mol. The number of carbonyl (C=O) groups excluding carboxylic acids is 1. The van der Waals surface area contributed by atoms with Crippen LogP contribution in [0.5, 0.6) is 0 Å². The minimum Gasteiger partial charge on any atom is -0.340 e. The molecule has 0 unspecified atom stereocenters. The molecule has 0 radical (unpaired) electrons. The number of aromatic nitrogens is 2. The Hall–Kier alpha value is -2.38. The number of nitrogens with zero attached hydrogens (tertiary/aromatic N) is 3. The first kappa shape index (κ1) is 19.4. The van der Waals surface area contributed by atoms with Crippen molar-refractivity contribution < 1.29 is 4.79 Å². The van der Waals surface area contributed by atoms with E-state index in [1.54, 1.807) is 4.90 Å². The first-order chi connectivity index (χ1) is 13.0. The highest BCUT2D eigenvalue weighted by molar-refractivity contribution is 8.02. The Labute approximate surface area is 167 Å². The van der Waals surface area contributed by atoms with Gasteiger partial charge in [-0.05, 0) is 31.5 Å². The van der Waals surface area contributed by atoms with E-state index in [0.717, 1.165) is 20.7 Å². The van der Waals surface area contributed by atoms with Crippen LogP contribution in [-0.2, 0) is 11.3 Å². The van der Waals surface area contributed by atoms with E-state index in [-0.39, 0.29) is 11.2 Å². The molecule has 1 heterocycles. The van der Waals surface area contributed by atoms with Crippen molar-refractivity contribution in [3.8, 4) is 0 Å². The lowest BCUT2D eigenvalue weighted by Crippen LogP contribution is -2.32. The van der Waals surface area contributed by atoms with Crippen LogP contribution in [0.2, 0.25) is 0 Å². The molecule has 1 amide bonds. The minimum atomic E-state index is -0.223. The summed E-state index contributed by atoms with van der Waals surface area (Å²) in [5.74, 6) is 0.0760. The molecule has 0 saturated carbocycles. The van der Waals surface area contributed by atoms with Gasteiger partial charge in [0.05, 0.1) is 5.25 Å². The molecule has 0 saturated heterocycles. The lowest BCUT2D eigenvalue weighted by atomic mass is 10.2. The van der Waals surface area contributed by atoms with Crippen LogP contribution >= 0.6 is 23.1 Å². The predicted octanol–water partition coefficient (Wildman–Crippen LogP) is 4.73. The van der Waals surface area contributed by atoms with Gasteiger partial charge < -0.3 is 10.2 Å². The molecule has 0 fully saturated rings. The summed E-state index contributed by atoms with van der Waals surface area (Å²) in [6.07, 6.45) is 0. The summed E-state index contributed by atoms with van der Waals surface area (Å²) in [4.78, 5) is 14.4. The van der Waals surface area contributed by atoms with Crippen LogP contribution in [0.25, 0.3) is 0 Å². The Balaban J connectivity index is 1.55. The van der Waals surface area contributed by atoms with Gasteiger partial charge in [0.25, 0.3) is 0 Å². The summed E-state index contributed by atoms with van der Waals surface area (Å²) in [5, 5.41) is 12.1. The number of thioether (sulfide) groups is 1. The van der Waals surface area contributed by atoms with Crippen LogP contribution in [0.3, 0.4) is 0 Å². The van der Waals surface area contributed by atoms with Gasteiger partial charge in [0.15, 0.2) is 4.34 Å². The van der Waals surface area contributed by atoms with E-state index in [4.69, 9.17) is 0 Å². The molecule has 2 aromatic carbocycles. The molecule has 5 nitrogen and oxygen atoms in total. The van der Waals surface area contributed by atoms with Crippen molar-refractivity contribution >= 4 is 39.8 Å². The minimum absolute atomic E-state index is 0.0760. The van der Waals surface area contributed by atoms with Gasteiger partial charge in [0, 0.05) is 19.3 Å². The molecule has 3 aromatic rings. The van der Waals surface area contributed by atoms with Gasteiger partial charge in [-0.2, -0.15) is 0 Å². The quantitative estimate of drug-likeness (QED) is 0.583. The highest BCUT2D eigenvalue weighted by atomic mass is 32.2. The lowest BCUT2D eigenvalue weighted by Gasteiger charge is -2.20. The van der Waals surface area contributed by atoms with Crippen LogP contribution in [0.4, 0.5) is 10.8 Å². The molecule has 0 aliphatic rings. The van der Waals surface area contributed by atoms with E-state index in [0.29, 0.717) is 6.54 Å². The van der Waals surface area contributed by atoms with Gasteiger partial charge in [-0.15, -0.1) is 10.2 Å². The van der Waals surface area contributed by atoms with Gasteiger partial charge in [-0.1, -0.05) is 71.1 Å². The number of rotatable bonds is 7. The van der Waals surface area contributed by atoms with E-state index in [2.05, 4.69) is 22.4 Å². The van der Waals surface area contributed by atoms with E-state index in [1.807, 2.05) is 68.6 Å². The summed E-state index contributed by atoms with van der Waals surface area (Å²) in [5.41, 5.74) is 3.30. The lowest BCUT2D eigenvalue weighted by molar-refractivity contribution is -0.129. The Morgan fingerprint density at radius 1 is 1.15 bits per heavy atom. The normalized spacial score (nSPS) is 11.8. The Bertz CT molecular complexity index is 881.